The van der Waals surface area contributed by atoms with Crippen LogP contribution in [0.4, 0.5) is 5.69 Å². The average molecular weight is 256 g/mol. The van der Waals surface area contributed by atoms with E-state index < -0.39 is 0 Å². The SMILES string of the molecule is Nc1ccccc1CN(CCn1cccn1)C1CC1. The van der Waals surface area contributed by atoms with Crippen LogP contribution in [0.15, 0.2) is 42.7 Å². The predicted molar refractivity (Wildman–Crippen MR) is 76.5 cm³/mol. The number of nitrogens with two attached hydrogens (primary N) is 1. The lowest BCUT2D eigenvalue weighted by atomic mass is 10.1. The second kappa shape index (κ2) is 5.45. The van der Waals surface area contributed by atoms with Crippen LogP contribution in [0.25, 0.3) is 0 Å². The molecule has 0 amide bonds. The van der Waals surface area contributed by atoms with Gasteiger partial charge in [-0.1, -0.05) is 18.2 Å². The predicted octanol–water partition coefficient (Wildman–Crippen LogP) is 2.13. The van der Waals surface area contributed by atoms with E-state index in [2.05, 4.69) is 22.1 Å². The molecule has 0 atom stereocenters. The smallest absolute Gasteiger partial charge is 0.0536 e. The van der Waals surface area contributed by atoms with Gasteiger partial charge in [0.2, 0.25) is 0 Å². The Balaban J connectivity index is 1.63. The number of nitrogens with zero attached hydrogens (tertiary/aromatic N) is 3. The Bertz CT molecular complexity index is 517. The quantitative estimate of drug-likeness (QED) is 0.805. The number of benzene rings is 1. The van der Waals surface area contributed by atoms with Crippen LogP contribution in [0.2, 0.25) is 0 Å². The molecule has 1 fully saturated rings. The number of para-hydroxylation sites is 1. The van der Waals surface area contributed by atoms with Crippen molar-refractivity contribution >= 4 is 5.69 Å². The fraction of sp³-hybridized carbons (Fsp3) is 0.400. The molecule has 1 heterocycles. The van der Waals surface area contributed by atoms with Crippen molar-refractivity contribution in [2.75, 3.05) is 12.3 Å². The maximum atomic E-state index is 6.04. The van der Waals surface area contributed by atoms with E-state index >= 15 is 0 Å². The van der Waals surface area contributed by atoms with Crippen molar-refractivity contribution in [1.82, 2.24) is 14.7 Å². The number of rotatable bonds is 6. The van der Waals surface area contributed by atoms with Gasteiger partial charge in [0.1, 0.15) is 0 Å². The number of hydrogen-bond donors (Lipinski definition) is 1. The van der Waals surface area contributed by atoms with Gasteiger partial charge in [0.05, 0.1) is 6.54 Å². The van der Waals surface area contributed by atoms with Crippen molar-refractivity contribution in [3.63, 3.8) is 0 Å². The highest BCUT2D eigenvalue weighted by molar-refractivity contribution is 5.46. The van der Waals surface area contributed by atoms with Gasteiger partial charge in [-0.25, -0.2) is 0 Å². The molecule has 100 valence electrons. The highest BCUT2D eigenvalue weighted by Gasteiger charge is 2.28. The minimum absolute atomic E-state index is 0.732. The normalized spacial score (nSPS) is 15.0. The van der Waals surface area contributed by atoms with Gasteiger partial charge in [0.15, 0.2) is 0 Å². The molecule has 1 saturated carbocycles. The van der Waals surface area contributed by atoms with Crippen molar-refractivity contribution in [2.24, 2.45) is 0 Å². The largest absolute Gasteiger partial charge is 0.398 e. The number of anilines is 1. The Morgan fingerprint density at radius 1 is 1.26 bits per heavy atom. The van der Waals surface area contributed by atoms with E-state index in [1.807, 2.05) is 35.3 Å². The van der Waals surface area contributed by atoms with Gasteiger partial charge >= 0.3 is 0 Å². The summed E-state index contributed by atoms with van der Waals surface area (Å²) in [6, 6.07) is 10.9. The molecular weight excluding hydrogens is 236 g/mol. The summed E-state index contributed by atoms with van der Waals surface area (Å²) in [6.45, 7) is 2.91. The van der Waals surface area contributed by atoms with E-state index in [1.54, 1.807) is 0 Å². The molecule has 0 spiro atoms. The summed E-state index contributed by atoms with van der Waals surface area (Å²) in [6.07, 6.45) is 6.47. The van der Waals surface area contributed by atoms with E-state index in [9.17, 15) is 0 Å². The monoisotopic (exact) mass is 256 g/mol. The molecule has 2 N–H and O–H groups in total. The van der Waals surface area contributed by atoms with Gasteiger partial charge in [0.25, 0.3) is 0 Å². The molecule has 1 aromatic carbocycles. The molecular formula is C15H20N4. The Kier molecular flexibility index (Phi) is 3.51. The van der Waals surface area contributed by atoms with Crippen molar-refractivity contribution in [3.05, 3.63) is 48.3 Å². The van der Waals surface area contributed by atoms with E-state index in [0.717, 1.165) is 31.4 Å². The van der Waals surface area contributed by atoms with Crippen molar-refractivity contribution < 1.29 is 0 Å². The number of nitrogen functional groups attached to an aromatic ring is 1. The van der Waals surface area contributed by atoms with E-state index in [4.69, 9.17) is 5.73 Å². The van der Waals surface area contributed by atoms with Crippen molar-refractivity contribution in [3.8, 4) is 0 Å². The molecule has 0 saturated heterocycles. The minimum atomic E-state index is 0.732. The second-order valence-corrected chi connectivity index (χ2v) is 5.17. The van der Waals surface area contributed by atoms with Crippen LogP contribution in [0.1, 0.15) is 18.4 Å². The lowest BCUT2D eigenvalue weighted by Crippen LogP contribution is -2.29. The molecule has 0 unspecified atom stereocenters. The third kappa shape index (κ3) is 3.15. The van der Waals surface area contributed by atoms with Gasteiger partial charge in [0, 0.05) is 37.2 Å². The molecule has 0 bridgehead atoms. The Hall–Kier alpha value is -1.81. The van der Waals surface area contributed by atoms with Gasteiger partial charge in [-0.3, -0.25) is 9.58 Å². The van der Waals surface area contributed by atoms with Gasteiger partial charge in [-0.15, -0.1) is 0 Å². The molecule has 4 nitrogen and oxygen atoms in total. The third-order valence-corrected chi connectivity index (χ3v) is 3.67. The zero-order chi connectivity index (χ0) is 13.1. The second-order valence-electron chi connectivity index (χ2n) is 5.17. The third-order valence-electron chi connectivity index (χ3n) is 3.67. The Labute approximate surface area is 113 Å². The summed E-state index contributed by atoms with van der Waals surface area (Å²) in [5.74, 6) is 0. The first-order valence-corrected chi connectivity index (χ1v) is 6.88. The van der Waals surface area contributed by atoms with Crippen LogP contribution in [0.3, 0.4) is 0 Å². The first kappa shape index (κ1) is 12.2. The minimum Gasteiger partial charge on any atom is -0.398 e. The maximum absolute atomic E-state index is 6.04. The molecule has 1 aliphatic rings. The van der Waals surface area contributed by atoms with Gasteiger partial charge < -0.3 is 5.73 Å². The number of aromatic nitrogens is 2. The summed E-state index contributed by atoms with van der Waals surface area (Å²) >= 11 is 0. The van der Waals surface area contributed by atoms with Crippen LogP contribution >= 0.6 is 0 Å². The standard InChI is InChI=1S/C15H20N4/c16-15-5-2-1-4-13(15)12-18(14-6-7-14)10-11-19-9-3-8-17-19/h1-5,8-9,14H,6-7,10-12,16H2. The topological polar surface area (TPSA) is 47.1 Å². The summed E-state index contributed by atoms with van der Waals surface area (Å²) in [5, 5.41) is 4.26. The molecule has 4 heteroatoms. The first-order chi connectivity index (χ1) is 9.33. The van der Waals surface area contributed by atoms with Crippen LogP contribution in [0.5, 0.6) is 0 Å². The molecule has 1 aliphatic carbocycles. The molecule has 3 rings (SSSR count). The number of hydrogen-bond acceptors (Lipinski definition) is 3. The Morgan fingerprint density at radius 3 is 2.79 bits per heavy atom. The molecule has 2 aromatic rings. The summed E-state index contributed by atoms with van der Waals surface area (Å²) in [5.41, 5.74) is 8.16. The van der Waals surface area contributed by atoms with E-state index in [-0.39, 0.29) is 0 Å². The fourth-order valence-electron chi connectivity index (χ4n) is 2.39. The molecule has 0 aliphatic heterocycles. The lowest BCUT2D eigenvalue weighted by molar-refractivity contribution is 0.240. The molecule has 19 heavy (non-hydrogen) atoms. The van der Waals surface area contributed by atoms with Gasteiger partial charge in [-0.05, 0) is 30.5 Å². The van der Waals surface area contributed by atoms with Gasteiger partial charge in [-0.2, -0.15) is 5.10 Å². The molecule has 0 radical (unpaired) electrons. The Morgan fingerprint density at radius 2 is 2.11 bits per heavy atom. The van der Waals surface area contributed by atoms with E-state index in [0.29, 0.717) is 0 Å². The van der Waals surface area contributed by atoms with Crippen LogP contribution in [-0.2, 0) is 13.1 Å². The summed E-state index contributed by atoms with van der Waals surface area (Å²) in [4.78, 5) is 2.52. The highest BCUT2D eigenvalue weighted by Crippen LogP contribution is 2.29. The summed E-state index contributed by atoms with van der Waals surface area (Å²) in [7, 11) is 0. The van der Waals surface area contributed by atoms with E-state index in [1.165, 1.54) is 18.4 Å². The molecule has 1 aromatic heterocycles. The maximum Gasteiger partial charge on any atom is 0.0536 e. The lowest BCUT2D eigenvalue weighted by Gasteiger charge is -2.22. The van der Waals surface area contributed by atoms with Crippen LogP contribution < -0.4 is 5.73 Å². The first-order valence-electron chi connectivity index (χ1n) is 6.88. The fourth-order valence-corrected chi connectivity index (χ4v) is 2.39. The van der Waals surface area contributed by atoms with Crippen molar-refractivity contribution in [2.45, 2.75) is 32.0 Å². The van der Waals surface area contributed by atoms with Crippen LogP contribution in [-0.4, -0.2) is 27.3 Å². The van der Waals surface area contributed by atoms with Crippen LogP contribution in [0, 0.1) is 0 Å². The zero-order valence-electron chi connectivity index (χ0n) is 11.1. The zero-order valence-corrected chi connectivity index (χ0v) is 11.1. The average Bonchev–Trinajstić information content (AvgIpc) is 3.13. The van der Waals surface area contributed by atoms with Crippen molar-refractivity contribution in [1.29, 1.82) is 0 Å². The summed E-state index contributed by atoms with van der Waals surface area (Å²) < 4.78 is 1.99. The highest BCUT2D eigenvalue weighted by atomic mass is 15.3.